The number of thiazole rings is 1. The number of anilines is 2. The number of rotatable bonds is 4. The van der Waals surface area contributed by atoms with Crippen molar-refractivity contribution >= 4 is 38.3 Å². The lowest BCUT2D eigenvalue weighted by molar-refractivity contribution is 0.102. The Bertz CT molecular complexity index is 1200. The molecule has 30 heavy (non-hydrogen) atoms. The molecule has 4 aromatic rings. The molecule has 0 radical (unpaired) electrons. The molecular weight excluding hydrogens is 397 g/mol. The Balaban J connectivity index is 1.31. The van der Waals surface area contributed by atoms with Crippen LogP contribution in [-0.2, 0) is 0 Å². The molecule has 0 aliphatic carbocycles. The Kier molecular flexibility index (Phi) is 4.93. The number of benzene rings is 3. The quantitative estimate of drug-likeness (QED) is 0.446. The van der Waals surface area contributed by atoms with E-state index in [4.69, 9.17) is 4.98 Å². The van der Waals surface area contributed by atoms with Gasteiger partial charge in [-0.2, -0.15) is 0 Å². The fraction of sp³-hybridized carbons (Fsp3) is 0.167. The van der Waals surface area contributed by atoms with Gasteiger partial charge in [-0.25, -0.2) is 9.37 Å². The van der Waals surface area contributed by atoms with Crippen molar-refractivity contribution in [3.63, 3.8) is 0 Å². The van der Waals surface area contributed by atoms with Gasteiger partial charge in [0.1, 0.15) is 5.82 Å². The number of fused-ring (bicyclic) bond motifs is 1. The molecule has 5 rings (SSSR count). The van der Waals surface area contributed by atoms with Gasteiger partial charge in [0.2, 0.25) is 0 Å². The van der Waals surface area contributed by atoms with Crippen molar-refractivity contribution in [2.75, 3.05) is 23.3 Å². The molecular formula is C24H20FN3OS. The fourth-order valence-corrected chi connectivity index (χ4v) is 4.75. The molecule has 150 valence electrons. The van der Waals surface area contributed by atoms with Crippen LogP contribution in [0.3, 0.4) is 0 Å². The van der Waals surface area contributed by atoms with Crippen LogP contribution in [0, 0.1) is 5.82 Å². The maximum absolute atomic E-state index is 13.1. The first-order valence-electron chi connectivity index (χ1n) is 9.99. The summed E-state index contributed by atoms with van der Waals surface area (Å²) in [7, 11) is 0. The van der Waals surface area contributed by atoms with Gasteiger partial charge in [0.15, 0.2) is 5.13 Å². The normalized spacial score (nSPS) is 13.7. The third-order valence-corrected chi connectivity index (χ3v) is 6.42. The van der Waals surface area contributed by atoms with E-state index in [1.807, 2.05) is 30.3 Å². The van der Waals surface area contributed by atoms with Crippen molar-refractivity contribution in [2.45, 2.75) is 12.8 Å². The van der Waals surface area contributed by atoms with Gasteiger partial charge < -0.3 is 10.2 Å². The first-order valence-corrected chi connectivity index (χ1v) is 10.8. The Hall–Kier alpha value is -3.25. The summed E-state index contributed by atoms with van der Waals surface area (Å²) in [4.78, 5) is 19.7. The van der Waals surface area contributed by atoms with Crippen molar-refractivity contribution in [1.82, 2.24) is 4.98 Å². The summed E-state index contributed by atoms with van der Waals surface area (Å²) in [5.41, 5.74) is 4.14. The number of hydrogen-bond donors (Lipinski definition) is 1. The molecule has 0 unspecified atom stereocenters. The summed E-state index contributed by atoms with van der Waals surface area (Å²) in [6.45, 7) is 2.13. The Morgan fingerprint density at radius 3 is 2.30 bits per heavy atom. The predicted molar refractivity (Wildman–Crippen MR) is 121 cm³/mol. The van der Waals surface area contributed by atoms with E-state index in [1.54, 1.807) is 35.6 Å². The van der Waals surface area contributed by atoms with E-state index in [9.17, 15) is 9.18 Å². The molecule has 0 atom stereocenters. The minimum Gasteiger partial charge on any atom is -0.348 e. The summed E-state index contributed by atoms with van der Waals surface area (Å²) >= 11 is 1.67. The van der Waals surface area contributed by atoms with Crippen LogP contribution in [0.2, 0.25) is 0 Å². The molecule has 0 bridgehead atoms. The van der Waals surface area contributed by atoms with Gasteiger partial charge in [-0.1, -0.05) is 35.6 Å². The van der Waals surface area contributed by atoms with Gasteiger partial charge in [-0.3, -0.25) is 4.79 Å². The number of halogens is 1. The number of amides is 1. The minimum atomic E-state index is -0.264. The molecule has 1 fully saturated rings. The Labute approximate surface area is 178 Å². The third-order valence-electron chi connectivity index (χ3n) is 5.34. The molecule has 6 heteroatoms. The van der Waals surface area contributed by atoms with Crippen LogP contribution < -0.4 is 10.2 Å². The van der Waals surface area contributed by atoms with E-state index in [0.717, 1.165) is 45.3 Å². The van der Waals surface area contributed by atoms with Gasteiger partial charge in [0, 0.05) is 24.3 Å². The number of hydrogen-bond acceptors (Lipinski definition) is 4. The highest BCUT2D eigenvalue weighted by atomic mass is 32.1. The van der Waals surface area contributed by atoms with E-state index >= 15 is 0 Å². The zero-order chi connectivity index (χ0) is 20.5. The van der Waals surface area contributed by atoms with Crippen LogP contribution in [0.4, 0.5) is 15.2 Å². The van der Waals surface area contributed by atoms with E-state index in [2.05, 4.69) is 10.2 Å². The van der Waals surface area contributed by atoms with Gasteiger partial charge in [-0.15, -0.1) is 0 Å². The van der Waals surface area contributed by atoms with Gasteiger partial charge in [0.25, 0.3) is 5.91 Å². The number of nitrogens with zero attached hydrogens (tertiary/aromatic N) is 2. The van der Waals surface area contributed by atoms with Crippen LogP contribution in [0.25, 0.3) is 21.3 Å². The second-order valence-corrected chi connectivity index (χ2v) is 8.42. The highest BCUT2D eigenvalue weighted by molar-refractivity contribution is 7.22. The molecule has 1 aromatic heterocycles. The van der Waals surface area contributed by atoms with Crippen LogP contribution in [0.15, 0.2) is 66.7 Å². The lowest BCUT2D eigenvalue weighted by atomic mass is 10.0. The highest BCUT2D eigenvalue weighted by Crippen LogP contribution is 2.32. The molecule has 2 heterocycles. The highest BCUT2D eigenvalue weighted by Gasteiger charge is 2.16. The molecule has 4 nitrogen and oxygen atoms in total. The van der Waals surface area contributed by atoms with Crippen LogP contribution in [0.5, 0.6) is 0 Å². The van der Waals surface area contributed by atoms with Crippen molar-refractivity contribution in [1.29, 1.82) is 0 Å². The predicted octanol–water partition coefficient (Wildman–Crippen LogP) is 5.95. The summed E-state index contributed by atoms with van der Waals surface area (Å²) in [6.07, 6.45) is 2.44. The third kappa shape index (κ3) is 3.78. The topological polar surface area (TPSA) is 45.2 Å². The fourth-order valence-electron chi connectivity index (χ4n) is 3.69. The van der Waals surface area contributed by atoms with Crippen LogP contribution >= 0.6 is 11.3 Å². The zero-order valence-corrected chi connectivity index (χ0v) is 17.1. The number of aromatic nitrogens is 1. The van der Waals surface area contributed by atoms with Gasteiger partial charge >= 0.3 is 0 Å². The van der Waals surface area contributed by atoms with E-state index in [0.29, 0.717) is 5.56 Å². The van der Waals surface area contributed by atoms with Gasteiger partial charge in [-0.05, 0) is 66.4 Å². The molecule has 0 spiro atoms. The lowest BCUT2D eigenvalue weighted by Gasteiger charge is -2.11. The number of carbonyl (C=O) groups excluding carboxylic acids is 1. The van der Waals surface area contributed by atoms with E-state index in [-0.39, 0.29) is 11.7 Å². The van der Waals surface area contributed by atoms with Crippen LogP contribution in [-0.4, -0.2) is 24.0 Å². The first-order chi connectivity index (χ1) is 14.7. The first kappa shape index (κ1) is 18.8. The minimum absolute atomic E-state index is 0.163. The van der Waals surface area contributed by atoms with Crippen molar-refractivity contribution in [2.24, 2.45) is 0 Å². The van der Waals surface area contributed by atoms with Gasteiger partial charge in [0.05, 0.1) is 10.2 Å². The number of nitrogens with one attached hydrogen (secondary N) is 1. The molecule has 0 saturated carbocycles. The molecule has 1 aliphatic heterocycles. The van der Waals surface area contributed by atoms with Crippen molar-refractivity contribution in [3.8, 4) is 11.1 Å². The maximum Gasteiger partial charge on any atom is 0.255 e. The monoisotopic (exact) mass is 417 g/mol. The largest absolute Gasteiger partial charge is 0.348 e. The Morgan fingerprint density at radius 2 is 1.60 bits per heavy atom. The zero-order valence-electron chi connectivity index (χ0n) is 16.3. The molecule has 1 aliphatic rings. The second-order valence-electron chi connectivity index (χ2n) is 7.41. The standard InChI is InChI=1S/C24H20FN3OS/c25-19-9-7-17(8-10-19)16-3-5-18(6-4-16)23(29)26-20-11-12-21-22(15-20)30-24(27-21)28-13-1-2-14-28/h3-12,15H,1-2,13-14H2,(H,26,29). The summed E-state index contributed by atoms with van der Waals surface area (Å²) in [5.74, 6) is -0.426. The second kappa shape index (κ2) is 7.88. The maximum atomic E-state index is 13.1. The Morgan fingerprint density at radius 1 is 0.933 bits per heavy atom. The van der Waals surface area contributed by atoms with Crippen molar-refractivity contribution in [3.05, 3.63) is 78.1 Å². The molecule has 3 aromatic carbocycles. The van der Waals surface area contributed by atoms with E-state index in [1.165, 1.54) is 25.0 Å². The molecule has 1 N–H and O–H groups in total. The average molecular weight is 418 g/mol. The van der Waals surface area contributed by atoms with E-state index < -0.39 is 0 Å². The summed E-state index contributed by atoms with van der Waals surface area (Å²) in [6, 6.07) is 19.5. The summed E-state index contributed by atoms with van der Waals surface area (Å²) < 4.78 is 14.2. The lowest BCUT2D eigenvalue weighted by Crippen LogP contribution is -2.16. The SMILES string of the molecule is O=C(Nc1ccc2nc(N3CCCC3)sc2c1)c1ccc(-c2ccc(F)cc2)cc1. The smallest absolute Gasteiger partial charge is 0.255 e. The number of carbonyl (C=O) groups is 1. The van der Waals surface area contributed by atoms with Crippen LogP contribution in [0.1, 0.15) is 23.2 Å². The molecule has 1 amide bonds. The summed E-state index contributed by atoms with van der Waals surface area (Å²) in [5, 5.41) is 4.03. The average Bonchev–Trinajstić information content (AvgIpc) is 3.44. The molecule has 1 saturated heterocycles. The van der Waals surface area contributed by atoms with Crippen molar-refractivity contribution < 1.29 is 9.18 Å².